The van der Waals surface area contributed by atoms with E-state index in [2.05, 4.69) is 12.1 Å². The molecule has 0 saturated heterocycles. The third-order valence-electron chi connectivity index (χ3n) is 2.22. The number of nitrogens with two attached hydrogens (primary N) is 1. The van der Waals surface area contributed by atoms with Crippen LogP contribution < -0.4 is 5.73 Å². The van der Waals surface area contributed by atoms with Gasteiger partial charge in [-0.15, -0.1) is 0 Å². The van der Waals surface area contributed by atoms with E-state index in [0.717, 1.165) is 6.42 Å². The molecule has 11 heavy (non-hydrogen) atoms. The zero-order chi connectivity index (χ0) is 9.07. The van der Waals surface area contributed by atoms with Crippen LogP contribution in [0, 0.1) is 0 Å². The van der Waals surface area contributed by atoms with E-state index in [4.69, 9.17) is 10.9 Å². The normalized spacial score (nSPS) is 13.3. The molecule has 0 aromatic heterocycles. The third-order valence-corrected chi connectivity index (χ3v) is 2.22. The Morgan fingerprint density at radius 3 is 2.36 bits per heavy atom. The quantitative estimate of drug-likeness (QED) is 0.271. The molecule has 0 radical (unpaired) electrons. The summed E-state index contributed by atoms with van der Waals surface area (Å²) in [4.78, 5) is 1.74. The molecule has 0 fully saturated rings. The van der Waals surface area contributed by atoms with Crippen LogP contribution in [-0.4, -0.2) is 28.7 Å². The van der Waals surface area contributed by atoms with Gasteiger partial charge < -0.3 is 15.8 Å². The Kier molecular flexibility index (Phi) is 3.17. The second kappa shape index (κ2) is 3.46. The average molecular weight is 159 g/mol. The largest absolute Gasteiger partial charge is 0.408 e. The highest BCUT2D eigenvalue weighted by atomic mass is 16.4. The summed E-state index contributed by atoms with van der Waals surface area (Å²) in [5.74, 6) is 0.150. The molecule has 3 N–H and O–H groups in total. The zero-order valence-electron chi connectivity index (χ0n) is 7.63. The lowest BCUT2D eigenvalue weighted by atomic mass is 10.0. The van der Waals surface area contributed by atoms with Gasteiger partial charge in [0.25, 0.3) is 0 Å². The molecule has 0 aliphatic heterocycles. The number of rotatable bonds is 2. The van der Waals surface area contributed by atoms with Gasteiger partial charge in [-0.2, -0.15) is 0 Å². The van der Waals surface area contributed by atoms with Gasteiger partial charge in [0.1, 0.15) is 0 Å². The lowest BCUT2D eigenvalue weighted by Crippen LogP contribution is -2.48. The minimum atomic E-state index is -0.0592. The fraction of sp³-hybridized carbons (Fsp3) is 0.857. The third kappa shape index (κ3) is 2.29. The number of hydrogen-bond acceptors (Lipinski definition) is 2. The molecule has 0 saturated carbocycles. The molecular formula is C7H17N3O. The van der Waals surface area contributed by atoms with Gasteiger partial charge in [-0.05, 0) is 20.3 Å². The lowest BCUT2D eigenvalue weighted by Gasteiger charge is -2.34. The summed E-state index contributed by atoms with van der Waals surface area (Å²) in [7, 11) is 1.80. The Morgan fingerprint density at radius 1 is 1.64 bits per heavy atom. The first kappa shape index (κ1) is 10.1. The van der Waals surface area contributed by atoms with Crippen molar-refractivity contribution in [1.82, 2.24) is 4.90 Å². The maximum Gasteiger partial charge on any atom is 0.233 e. The number of hydrogen-bond donors (Lipinski definition) is 2. The van der Waals surface area contributed by atoms with Crippen LogP contribution in [0.1, 0.15) is 27.2 Å². The van der Waals surface area contributed by atoms with E-state index in [0.29, 0.717) is 0 Å². The molecule has 66 valence electrons. The minimum absolute atomic E-state index is 0.0592. The van der Waals surface area contributed by atoms with E-state index in [1.54, 1.807) is 11.9 Å². The molecule has 0 atom stereocenters. The van der Waals surface area contributed by atoms with Crippen LogP contribution in [-0.2, 0) is 0 Å². The Balaban J connectivity index is 4.35. The highest BCUT2D eigenvalue weighted by Crippen LogP contribution is 2.15. The van der Waals surface area contributed by atoms with Gasteiger partial charge in [0.05, 0.1) is 0 Å². The first-order valence-electron chi connectivity index (χ1n) is 3.67. The molecule has 0 unspecified atom stereocenters. The van der Waals surface area contributed by atoms with Gasteiger partial charge >= 0.3 is 0 Å². The predicted molar refractivity (Wildman–Crippen MR) is 45.5 cm³/mol. The van der Waals surface area contributed by atoms with Gasteiger partial charge in [0, 0.05) is 12.6 Å². The van der Waals surface area contributed by atoms with Gasteiger partial charge in [0.2, 0.25) is 5.96 Å². The topological polar surface area (TPSA) is 61.8 Å². The summed E-state index contributed by atoms with van der Waals surface area (Å²) < 4.78 is 0. The van der Waals surface area contributed by atoms with Crippen molar-refractivity contribution in [2.24, 2.45) is 10.9 Å². The van der Waals surface area contributed by atoms with Crippen molar-refractivity contribution in [2.45, 2.75) is 32.7 Å². The van der Waals surface area contributed by atoms with Crippen molar-refractivity contribution in [3.8, 4) is 0 Å². The molecule has 0 aliphatic carbocycles. The van der Waals surface area contributed by atoms with E-state index < -0.39 is 0 Å². The zero-order valence-corrected chi connectivity index (χ0v) is 7.63. The summed E-state index contributed by atoms with van der Waals surface area (Å²) >= 11 is 0. The van der Waals surface area contributed by atoms with E-state index in [1.807, 2.05) is 13.8 Å². The van der Waals surface area contributed by atoms with Crippen LogP contribution in [0.15, 0.2) is 5.16 Å². The monoisotopic (exact) mass is 159 g/mol. The van der Waals surface area contributed by atoms with E-state index in [1.165, 1.54) is 0 Å². The summed E-state index contributed by atoms with van der Waals surface area (Å²) in [6.07, 6.45) is 0.944. The Hall–Kier alpha value is -0.930. The molecule has 0 heterocycles. The molecule has 0 rings (SSSR count). The smallest absolute Gasteiger partial charge is 0.233 e. The fourth-order valence-corrected chi connectivity index (χ4v) is 0.614. The summed E-state index contributed by atoms with van der Waals surface area (Å²) in [5, 5.41) is 11.3. The van der Waals surface area contributed by atoms with Crippen LogP contribution in [0.5, 0.6) is 0 Å². The predicted octanol–water partition coefficient (Wildman–Crippen LogP) is 0.811. The van der Waals surface area contributed by atoms with Gasteiger partial charge in [-0.1, -0.05) is 12.1 Å². The molecule has 4 nitrogen and oxygen atoms in total. The highest BCUT2D eigenvalue weighted by molar-refractivity contribution is 5.77. The number of guanidine groups is 1. The first-order valence-corrected chi connectivity index (χ1v) is 3.67. The molecule has 0 spiro atoms. The van der Waals surface area contributed by atoms with Crippen LogP contribution >= 0.6 is 0 Å². The minimum Gasteiger partial charge on any atom is -0.408 e. The fourth-order valence-electron chi connectivity index (χ4n) is 0.614. The molecule has 4 heteroatoms. The van der Waals surface area contributed by atoms with Crippen molar-refractivity contribution in [3.63, 3.8) is 0 Å². The number of oxime groups is 1. The Bertz CT molecular complexity index is 154. The summed E-state index contributed by atoms with van der Waals surface area (Å²) in [6.45, 7) is 6.12. The Labute approximate surface area is 67.7 Å². The van der Waals surface area contributed by atoms with E-state index >= 15 is 0 Å². The molecule has 0 aliphatic rings. The molecule has 0 amide bonds. The van der Waals surface area contributed by atoms with Crippen molar-refractivity contribution in [3.05, 3.63) is 0 Å². The maximum atomic E-state index is 8.39. The van der Waals surface area contributed by atoms with Crippen LogP contribution in [0.4, 0.5) is 0 Å². The standard InChI is InChI=1S/C7H17N3O/c1-5-7(2,3)10(4)6(8)9-11/h11H,5H2,1-4H3,(H2,8,9). The molecule has 0 aromatic carbocycles. The Morgan fingerprint density at radius 2 is 2.09 bits per heavy atom. The average Bonchev–Trinajstić information content (AvgIpc) is 2.01. The van der Waals surface area contributed by atoms with Crippen molar-refractivity contribution in [1.29, 1.82) is 0 Å². The van der Waals surface area contributed by atoms with Crippen molar-refractivity contribution in [2.75, 3.05) is 7.05 Å². The second-order valence-electron chi connectivity index (χ2n) is 3.18. The van der Waals surface area contributed by atoms with E-state index in [-0.39, 0.29) is 11.5 Å². The van der Waals surface area contributed by atoms with Crippen molar-refractivity contribution >= 4 is 5.96 Å². The second-order valence-corrected chi connectivity index (χ2v) is 3.18. The summed E-state index contributed by atoms with van der Waals surface area (Å²) in [5.41, 5.74) is 5.34. The van der Waals surface area contributed by atoms with Crippen LogP contribution in [0.3, 0.4) is 0 Å². The molecule has 0 aromatic rings. The van der Waals surface area contributed by atoms with Gasteiger partial charge in [-0.3, -0.25) is 0 Å². The molecular weight excluding hydrogens is 142 g/mol. The van der Waals surface area contributed by atoms with E-state index in [9.17, 15) is 0 Å². The first-order chi connectivity index (χ1) is 4.95. The summed E-state index contributed by atoms with van der Waals surface area (Å²) in [6, 6.07) is 0. The van der Waals surface area contributed by atoms with Gasteiger partial charge in [0.15, 0.2) is 0 Å². The van der Waals surface area contributed by atoms with Crippen LogP contribution in [0.25, 0.3) is 0 Å². The lowest BCUT2D eigenvalue weighted by molar-refractivity contribution is 0.225. The maximum absolute atomic E-state index is 8.39. The SMILES string of the molecule is CCC(C)(C)N(C)C(N)=NO. The molecule has 0 bridgehead atoms. The van der Waals surface area contributed by atoms with Crippen molar-refractivity contribution < 1.29 is 5.21 Å². The number of nitrogens with zero attached hydrogens (tertiary/aromatic N) is 2. The van der Waals surface area contributed by atoms with Crippen LogP contribution in [0.2, 0.25) is 0 Å². The van der Waals surface area contributed by atoms with Gasteiger partial charge in [-0.25, -0.2) is 0 Å². The highest BCUT2D eigenvalue weighted by Gasteiger charge is 2.22.